The van der Waals surface area contributed by atoms with Gasteiger partial charge in [-0.15, -0.1) is 0 Å². The van der Waals surface area contributed by atoms with Gasteiger partial charge in [0.1, 0.15) is 11.9 Å². The number of rotatable bonds is 5. The molecule has 6 nitrogen and oxygen atoms in total. The topological polar surface area (TPSA) is 86.1 Å². The van der Waals surface area contributed by atoms with Gasteiger partial charge in [-0.25, -0.2) is 12.8 Å². The summed E-state index contributed by atoms with van der Waals surface area (Å²) in [6, 6.07) is 11.6. The summed E-state index contributed by atoms with van der Waals surface area (Å²) in [5.74, 6) is -0.392. The summed E-state index contributed by atoms with van der Waals surface area (Å²) >= 11 is 0. The summed E-state index contributed by atoms with van der Waals surface area (Å²) in [7, 11) is -3.45. The second kappa shape index (κ2) is 8.01. The summed E-state index contributed by atoms with van der Waals surface area (Å²) in [6.07, 6.45) is 3.26. The van der Waals surface area contributed by atoms with Crippen LogP contribution in [-0.2, 0) is 16.6 Å². The minimum absolute atomic E-state index is 0.276. The molecule has 0 saturated carbocycles. The molecular weight excluding hydrogens is 403 g/mol. The number of pyridine rings is 1. The molecule has 3 aromatic rings. The molecule has 1 aliphatic heterocycles. The van der Waals surface area contributed by atoms with Gasteiger partial charge in [-0.1, -0.05) is 12.1 Å². The molecule has 1 aliphatic rings. The van der Waals surface area contributed by atoms with Crippen molar-refractivity contribution < 1.29 is 12.8 Å². The summed E-state index contributed by atoms with van der Waals surface area (Å²) in [5.41, 5.74) is 3.00. The van der Waals surface area contributed by atoms with Crippen LogP contribution in [0.25, 0.3) is 10.9 Å². The monoisotopic (exact) mass is 424 g/mol. The van der Waals surface area contributed by atoms with Crippen molar-refractivity contribution in [1.29, 1.82) is 5.26 Å². The number of hydrogen-bond acceptors (Lipinski definition) is 5. The summed E-state index contributed by atoms with van der Waals surface area (Å²) in [6.45, 7) is 3.25. The number of halogens is 1. The van der Waals surface area contributed by atoms with E-state index < -0.39 is 15.8 Å². The summed E-state index contributed by atoms with van der Waals surface area (Å²) < 4.78 is 40.8. The van der Waals surface area contributed by atoms with Gasteiger partial charge in [0.15, 0.2) is 0 Å². The van der Waals surface area contributed by atoms with E-state index in [-0.39, 0.29) is 4.90 Å². The molecule has 0 atom stereocenters. The smallest absolute Gasteiger partial charge is 0.243 e. The van der Waals surface area contributed by atoms with Gasteiger partial charge in [0.2, 0.25) is 10.0 Å². The lowest BCUT2D eigenvalue weighted by Gasteiger charge is -2.16. The van der Waals surface area contributed by atoms with Gasteiger partial charge in [-0.05, 0) is 55.2 Å². The zero-order valence-corrected chi connectivity index (χ0v) is 17.3. The summed E-state index contributed by atoms with van der Waals surface area (Å²) in [4.78, 5) is 4.56. The second-order valence-corrected chi connectivity index (χ2v) is 9.32. The van der Waals surface area contributed by atoms with Crippen LogP contribution in [0.4, 0.5) is 10.1 Å². The first kappa shape index (κ1) is 20.3. The van der Waals surface area contributed by atoms with E-state index in [1.165, 1.54) is 22.6 Å². The van der Waals surface area contributed by atoms with Crippen LogP contribution in [-0.4, -0.2) is 30.8 Å². The number of aryl methyl sites for hydroxylation is 1. The van der Waals surface area contributed by atoms with E-state index in [0.29, 0.717) is 47.4 Å². The maximum Gasteiger partial charge on any atom is 0.243 e. The Balaban J connectivity index is 1.59. The van der Waals surface area contributed by atoms with E-state index >= 15 is 0 Å². The van der Waals surface area contributed by atoms with Crippen molar-refractivity contribution in [3.63, 3.8) is 0 Å². The third-order valence-corrected chi connectivity index (χ3v) is 7.26. The minimum atomic E-state index is -3.45. The molecule has 154 valence electrons. The van der Waals surface area contributed by atoms with E-state index in [4.69, 9.17) is 0 Å². The molecule has 1 aromatic heterocycles. The normalized spacial score (nSPS) is 14.7. The molecule has 1 fully saturated rings. The number of nitriles is 1. The zero-order valence-electron chi connectivity index (χ0n) is 16.5. The Morgan fingerprint density at radius 3 is 2.57 bits per heavy atom. The Hall–Kier alpha value is -3.02. The van der Waals surface area contributed by atoms with E-state index in [1.54, 1.807) is 31.2 Å². The number of anilines is 1. The van der Waals surface area contributed by atoms with Crippen LogP contribution >= 0.6 is 0 Å². The number of hydrogen-bond donors (Lipinski definition) is 1. The van der Waals surface area contributed by atoms with Gasteiger partial charge in [0.05, 0.1) is 21.7 Å². The molecule has 4 rings (SSSR count). The van der Waals surface area contributed by atoms with Crippen molar-refractivity contribution in [2.24, 2.45) is 0 Å². The fraction of sp³-hybridized carbons (Fsp3) is 0.273. The predicted octanol–water partition coefficient (Wildman–Crippen LogP) is 3.95. The molecule has 1 N–H and O–H groups in total. The lowest BCUT2D eigenvalue weighted by Crippen LogP contribution is -2.27. The molecule has 0 aliphatic carbocycles. The Labute approximate surface area is 175 Å². The molecule has 0 amide bonds. The van der Waals surface area contributed by atoms with Crippen LogP contribution in [0.5, 0.6) is 0 Å². The Kier molecular flexibility index (Phi) is 5.41. The fourth-order valence-electron chi connectivity index (χ4n) is 3.76. The van der Waals surface area contributed by atoms with Crippen molar-refractivity contribution in [2.75, 3.05) is 18.4 Å². The molecule has 2 aromatic carbocycles. The third-order valence-electron chi connectivity index (χ3n) is 5.34. The van der Waals surface area contributed by atoms with E-state index in [1.807, 2.05) is 0 Å². The Morgan fingerprint density at radius 1 is 1.20 bits per heavy atom. The van der Waals surface area contributed by atoms with Gasteiger partial charge < -0.3 is 5.32 Å². The van der Waals surface area contributed by atoms with Gasteiger partial charge >= 0.3 is 0 Å². The molecule has 0 spiro atoms. The van der Waals surface area contributed by atoms with E-state index in [0.717, 1.165) is 18.4 Å². The molecule has 1 saturated heterocycles. The van der Waals surface area contributed by atoms with Gasteiger partial charge in [-0.3, -0.25) is 4.98 Å². The van der Waals surface area contributed by atoms with Crippen LogP contribution < -0.4 is 5.32 Å². The summed E-state index contributed by atoms with van der Waals surface area (Å²) in [5, 5.41) is 13.2. The van der Waals surface area contributed by atoms with E-state index in [2.05, 4.69) is 16.4 Å². The van der Waals surface area contributed by atoms with Crippen LogP contribution in [0, 0.1) is 24.1 Å². The molecule has 0 unspecified atom stereocenters. The average Bonchev–Trinajstić information content (AvgIpc) is 3.28. The maximum atomic E-state index is 14.0. The molecule has 30 heavy (non-hydrogen) atoms. The predicted molar refractivity (Wildman–Crippen MR) is 113 cm³/mol. The average molecular weight is 425 g/mol. The van der Waals surface area contributed by atoms with Crippen molar-refractivity contribution in [2.45, 2.75) is 31.2 Å². The Morgan fingerprint density at radius 2 is 1.90 bits per heavy atom. The third kappa shape index (κ3) is 3.74. The lowest BCUT2D eigenvalue weighted by atomic mass is 10.1. The number of aromatic nitrogens is 1. The van der Waals surface area contributed by atoms with Crippen molar-refractivity contribution in [1.82, 2.24) is 9.29 Å². The zero-order chi connectivity index (χ0) is 21.3. The lowest BCUT2D eigenvalue weighted by molar-refractivity contribution is 0.477. The highest BCUT2D eigenvalue weighted by Gasteiger charge is 2.26. The van der Waals surface area contributed by atoms with Crippen LogP contribution in [0.3, 0.4) is 0 Å². The highest BCUT2D eigenvalue weighted by atomic mass is 32.2. The van der Waals surface area contributed by atoms with Crippen molar-refractivity contribution >= 4 is 26.6 Å². The number of fused-ring (bicyclic) bond motifs is 1. The molecule has 2 heterocycles. The van der Waals surface area contributed by atoms with Gasteiger partial charge in [0.25, 0.3) is 0 Å². The highest BCUT2D eigenvalue weighted by Crippen LogP contribution is 2.29. The largest absolute Gasteiger partial charge is 0.379 e. The first-order valence-corrected chi connectivity index (χ1v) is 11.2. The Bertz CT molecular complexity index is 1240. The quantitative estimate of drug-likeness (QED) is 0.670. The van der Waals surface area contributed by atoms with Gasteiger partial charge in [0, 0.05) is 31.2 Å². The van der Waals surface area contributed by atoms with Gasteiger partial charge in [-0.2, -0.15) is 9.57 Å². The number of sulfonamides is 1. The molecule has 8 heteroatoms. The molecule has 0 radical (unpaired) electrons. The maximum absolute atomic E-state index is 14.0. The van der Waals surface area contributed by atoms with Crippen molar-refractivity contribution in [3.05, 3.63) is 65.1 Å². The standard InChI is InChI=1S/C22H21FN4O2S/c1-15-10-18(23)11-20-21(15)26-14-17(12-24)22(20)25-13-16-4-6-19(7-5-16)30(28,29)27-8-2-3-9-27/h4-7,10-11,14H,2-3,8-9,13H2,1H3,(H,25,26). The van der Waals surface area contributed by atoms with Crippen LogP contribution in [0.1, 0.15) is 29.5 Å². The number of nitrogens with one attached hydrogen (secondary N) is 1. The fourth-order valence-corrected chi connectivity index (χ4v) is 5.28. The van der Waals surface area contributed by atoms with Crippen LogP contribution in [0.2, 0.25) is 0 Å². The number of benzene rings is 2. The first-order chi connectivity index (χ1) is 14.4. The van der Waals surface area contributed by atoms with Crippen LogP contribution in [0.15, 0.2) is 47.5 Å². The first-order valence-electron chi connectivity index (χ1n) is 9.72. The second-order valence-electron chi connectivity index (χ2n) is 7.39. The van der Waals surface area contributed by atoms with Crippen molar-refractivity contribution in [3.8, 4) is 6.07 Å². The molecule has 0 bridgehead atoms. The molecular formula is C22H21FN4O2S. The number of nitrogens with zero attached hydrogens (tertiary/aromatic N) is 3. The minimum Gasteiger partial charge on any atom is -0.379 e. The highest BCUT2D eigenvalue weighted by molar-refractivity contribution is 7.89. The SMILES string of the molecule is Cc1cc(F)cc2c(NCc3ccc(S(=O)(=O)N4CCCC4)cc3)c(C#N)cnc12. The van der Waals surface area contributed by atoms with E-state index in [9.17, 15) is 18.1 Å².